The quantitative estimate of drug-likeness (QED) is 0.807. The molecule has 2 nitrogen and oxygen atoms in total. The molecule has 2 atom stereocenters. The summed E-state index contributed by atoms with van der Waals surface area (Å²) in [6, 6.07) is 9.44. The fourth-order valence-corrected chi connectivity index (χ4v) is 2.63. The third-order valence-electron chi connectivity index (χ3n) is 4.49. The van der Waals surface area contributed by atoms with Gasteiger partial charge in [0.2, 0.25) is 0 Å². The van der Waals surface area contributed by atoms with E-state index in [4.69, 9.17) is 0 Å². The van der Waals surface area contributed by atoms with Gasteiger partial charge < -0.3 is 10.2 Å². The first kappa shape index (κ1) is 16.2. The third-order valence-corrected chi connectivity index (χ3v) is 4.49. The average Bonchev–Trinajstić information content (AvgIpc) is 2.44. The first-order valence-corrected chi connectivity index (χ1v) is 7.49. The number of aryl methyl sites for hydroxylation is 1. The summed E-state index contributed by atoms with van der Waals surface area (Å²) in [6.45, 7) is 9.98. The molecule has 0 bridgehead atoms. The normalized spacial score (nSPS) is 16.4. The lowest BCUT2D eigenvalue weighted by Gasteiger charge is -2.43. The van der Waals surface area contributed by atoms with Gasteiger partial charge in [-0.05, 0) is 51.5 Å². The lowest BCUT2D eigenvalue weighted by Crippen LogP contribution is -2.51. The van der Waals surface area contributed by atoms with Crippen molar-refractivity contribution in [3.05, 3.63) is 35.4 Å². The molecular formula is C17H30N2. The summed E-state index contributed by atoms with van der Waals surface area (Å²) in [7, 11) is 4.35. The van der Waals surface area contributed by atoms with E-state index in [0.29, 0.717) is 6.04 Å². The highest BCUT2D eigenvalue weighted by Crippen LogP contribution is 2.32. The van der Waals surface area contributed by atoms with Crippen molar-refractivity contribution < 1.29 is 0 Å². The van der Waals surface area contributed by atoms with Gasteiger partial charge in [-0.2, -0.15) is 0 Å². The zero-order valence-electron chi connectivity index (χ0n) is 13.5. The van der Waals surface area contributed by atoms with E-state index in [1.807, 2.05) is 0 Å². The highest BCUT2D eigenvalue weighted by atomic mass is 15.2. The Balaban J connectivity index is 3.10. The van der Waals surface area contributed by atoms with Gasteiger partial charge in [0.1, 0.15) is 0 Å². The monoisotopic (exact) mass is 262 g/mol. The molecule has 0 heterocycles. The van der Waals surface area contributed by atoms with Gasteiger partial charge in [0.15, 0.2) is 0 Å². The molecule has 0 aliphatic rings. The summed E-state index contributed by atoms with van der Waals surface area (Å²) in [5.74, 6) is 0. The van der Waals surface area contributed by atoms with Gasteiger partial charge in [-0.15, -0.1) is 0 Å². The molecule has 19 heavy (non-hydrogen) atoms. The van der Waals surface area contributed by atoms with Gasteiger partial charge in [0.05, 0.1) is 6.04 Å². The Hall–Kier alpha value is -0.860. The van der Waals surface area contributed by atoms with Crippen LogP contribution in [-0.4, -0.2) is 31.1 Å². The van der Waals surface area contributed by atoms with Crippen molar-refractivity contribution in [2.75, 3.05) is 20.6 Å². The molecule has 1 aromatic rings. The van der Waals surface area contributed by atoms with E-state index >= 15 is 0 Å². The predicted octanol–water partition coefficient (Wildman–Crippen LogP) is 3.63. The first-order valence-electron chi connectivity index (χ1n) is 7.49. The largest absolute Gasteiger partial charge is 0.309 e. The van der Waals surface area contributed by atoms with Crippen molar-refractivity contribution in [2.24, 2.45) is 0 Å². The molecule has 0 radical (unpaired) electrons. The van der Waals surface area contributed by atoms with Crippen molar-refractivity contribution in [2.45, 2.75) is 52.1 Å². The Morgan fingerprint density at radius 1 is 1.11 bits per heavy atom. The Labute approximate surface area is 119 Å². The van der Waals surface area contributed by atoms with E-state index in [2.05, 4.69) is 76.3 Å². The van der Waals surface area contributed by atoms with Crippen molar-refractivity contribution >= 4 is 0 Å². The topological polar surface area (TPSA) is 15.3 Å². The van der Waals surface area contributed by atoms with Crippen LogP contribution in [0.25, 0.3) is 0 Å². The van der Waals surface area contributed by atoms with Crippen LogP contribution in [0.15, 0.2) is 24.3 Å². The van der Waals surface area contributed by atoms with Crippen LogP contribution in [0.1, 0.15) is 51.3 Å². The maximum atomic E-state index is 3.67. The molecule has 0 aliphatic heterocycles. The summed E-state index contributed by atoms with van der Waals surface area (Å²) < 4.78 is 0. The van der Waals surface area contributed by atoms with Crippen LogP contribution in [0.3, 0.4) is 0 Å². The second kappa shape index (κ2) is 7.06. The molecule has 0 aromatic heterocycles. The molecule has 0 aliphatic carbocycles. The Bertz CT molecular complexity index is 369. The zero-order chi connectivity index (χ0) is 14.5. The molecule has 108 valence electrons. The lowest BCUT2D eigenvalue weighted by atomic mass is 9.83. The minimum atomic E-state index is 0.129. The summed E-state index contributed by atoms with van der Waals surface area (Å²) >= 11 is 0. The lowest BCUT2D eigenvalue weighted by molar-refractivity contribution is 0.113. The molecule has 2 unspecified atom stereocenters. The molecule has 0 saturated carbocycles. The van der Waals surface area contributed by atoms with Gasteiger partial charge >= 0.3 is 0 Å². The summed E-state index contributed by atoms with van der Waals surface area (Å²) in [5, 5.41) is 3.67. The predicted molar refractivity (Wildman–Crippen MR) is 84.6 cm³/mol. The zero-order valence-corrected chi connectivity index (χ0v) is 13.5. The fraction of sp³-hybridized carbons (Fsp3) is 0.647. The van der Waals surface area contributed by atoms with Gasteiger partial charge in [0.25, 0.3) is 0 Å². The molecule has 1 rings (SSSR count). The number of nitrogens with zero attached hydrogens (tertiary/aromatic N) is 1. The van der Waals surface area contributed by atoms with Crippen LogP contribution < -0.4 is 5.32 Å². The number of hydrogen-bond donors (Lipinski definition) is 1. The van der Waals surface area contributed by atoms with Crippen LogP contribution >= 0.6 is 0 Å². The number of hydrogen-bond acceptors (Lipinski definition) is 2. The molecule has 0 fully saturated rings. The summed E-state index contributed by atoms with van der Waals surface area (Å²) in [6.07, 6.45) is 2.22. The van der Waals surface area contributed by atoms with Crippen LogP contribution in [-0.2, 0) is 6.42 Å². The van der Waals surface area contributed by atoms with E-state index < -0.39 is 0 Å². The number of rotatable bonds is 7. The van der Waals surface area contributed by atoms with E-state index in [0.717, 1.165) is 19.4 Å². The van der Waals surface area contributed by atoms with E-state index in [1.165, 1.54) is 11.1 Å². The van der Waals surface area contributed by atoms with Crippen molar-refractivity contribution in [1.82, 2.24) is 10.2 Å². The van der Waals surface area contributed by atoms with Crippen molar-refractivity contribution in [3.8, 4) is 0 Å². The summed E-state index contributed by atoms with van der Waals surface area (Å²) in [4.78, 5) is 2.34. The molecule has 1 aromatic carbocycles. The maximum absolute atomic E-state index is 3.67. The third kappa shape index (κ3) is 3.58. The van der Waals surface area contributed by atoms with Gasteiger partial charge in [-0.3, -0.25) is 0 Å². The Kier molecular flexibility index (Phi) is 6.02. The number of nitrogens with one attached hydrogen (secondary N) is 1. The molecule has 0 spiro atoms. The molecule has 0 amide bonds. The smallest absolute Gasteiger partial charge is 0.0504 e. The van der Waals surface area contributed by atoms with Crippen molar-refractivity contribution in [3.63, 3.8) is 0 Å². The van der Waals surface area contributed by atoms with Gasteiger partial charge in [-0.1, -0.05) is 45.0 Å². The minimum absolute atomic E-state index is 0.129. The fourth-order valence-electron chi connectivity index (χ4n) is 2.63. The van der Waals surface area contributed by atoms with E-state index in [9.17, 15) is 0 Å². The first-order chi connectivity index (χ1) is 8.99. The standard InChI is InChI=1S/C17H30N2/c1-7-14-10-12-15(13-11-14)16(18-9-3)17(4,8-2)19(5)6/h10-13,16,18H,7-9H2,1-6H3. The van der Waals surface area contributed by atoms with E-state index in [1.54, 1.807) is 0 Å². The molecule has 2 heteroatoms. The minimum Gasteiger partial charge on any atom is -0.309 e. The van der Waals surface area contributed by atoms with Crippen LogP contribution in [0.5, 0.6) is 0 Å². The molecule has 1 N–H and O–H groups in total. The van der Waals surface area contributed by atoms with E-state index in [-0.39, 0.29) is 5.54 Å². The van der Waals surface area contributed by atoms with Crippen LogP contribution in [0.2, 0.25) is 0 Å². The van der Waals surface area contributed by atoms with Crippen LogP contribution in [0, 0.1) is 0 Å². The second-order valence-electron chi connectivity index (χ2n) is 5.69. The number of benzene rings is 1. The Morgan fingerprint density at radius 3 is 2.05 bits per heavy atom. The van der Waals surface area contributed by atoms with Gasteiger partial charge in [-0.25, -0.2) is 0 Å². The average molecular weight is 262 g/mol. The second-order valence-corrected chi connectivity index (χ2v) is 5.69. The van der Waals surface area contributed by atoms with Crippen molar-refractivity contribution in [1.29, 1.82) is 0 Å². The summed E-state index contributed by atoms with van der Waals surface area (Å²) in [5.41, 5.74) is 2.92. The van der Waals surface area contributed by atoms with Crippen LogP contribution in [0.4, 0.5) is 0 Å². The highest BCUT2D eigenvalue weighted by Gasteiger charge is 2.35. The number of likely N-dealkylation sites (N-methyl/N-ethyl adjacent to an activating group) is 2. The maximum Gasteiger partial charge on any atom is 0.0504 e. The molecular weight excluding hydrogens is 232 g/mol. The molecule has 0 saturated heterocycles. The highest BCUT2D eigenvalue weighted by molar-refractivity contribution is 5.27. The van der Waals surface area contributed by atoms with Gasteiger partial charge in [0, 0.05) is 5.54 Å². The Morgan fingerprint density at radius 2 is 1.68 bits per heavy atom. The SMILES string of the molecule is CCNC(c1ccc(CC)cc1)C(C)(CC)N(C)C.